The molecule has 2 heterocycles. The van der Waals surface area contributed by atoms with E-state index in [1.807, 2.05) is 0 Å². The minimum Gasteiger partial charge on any atom is -0.478 e. The molecule has 2 rings (SSSR count). The standard InChI is InChI=1S/C48H88N2O8/c1-5-7-9-11-13-17-23-29-43(31-25-19-15-21-27-33-45(53)57-39-47(35-51)37-55-41(3)49-47)44(30-24-18-14-12-10-8-6-2)32-26-20-16-22-28-34-46(54)58-40-48(36-52)38-56-42(4)50-48/h43-44,51-52H,5-40H2,1-4H3. The number of unbranched alkanes of at least 4 members (excludes halogenated alkanes) is 20. The van der Waals surface area contributed by atoms with Gasteiger partial charge in [-0.1, -0.05) is 181 Å². The predicted octanol–water partition coefficient (Wildman–Crippen LogP) is 11.4. The molecule has 2 N–H and O–H groups in total. The Hall–Kier alpha value is -2.20. The fourth-order valence-electron chi connectivity index (χ4n) is 8.62. The third-order valence-corrected chi connectivity index (χ3v) is 12.4. The summed E-state index contributed by atoms with van der Waals surface area (Å²) in [6.45, 7) is 8.34. The molecule has 338 valence electrons. The second-order valence-electron chi connectivity index (χ2n) is 17.9. The lowest BCUT2D eigenvalue weighted by molar-refractivity contribution is -0.147. The topological polar surface area (TPSA) is 136 Å². The van der Waals surface area contributed by atoms with Crippen LogP contribution in [0.1, 0.15) is 220 Å². The van der Waals surface area contributed by atoms with Crippen LogP contribution in [0.4, 0.5) is 0 Å². The third kappa shape index (κ3) is 23.6. The molecule has 0 aliphatic carbocycles. The maximum absolute atomic E-state index is 12.4. The normalized spacial score (nSPS) is 20.0. The molecule has 58 heavy (non-hydrogen) atoms. The number of aliphatic hydroxyl groups is 2. The predicted molar refractivity (Wildman–Crippen MR) is 237 cm³/mol. The molecule has 2 aliphatic rings. The van der Waals surface area contributed by atoms with Gasteiger partial charge in [0.05, 0.1) is 13.2 Å². The summed E-state index contributed by atoms with van der Waals surface area (Å²) in [5, 5.41) is 19.5. The largest absolute Gasteiger partial charge is 0.478 e. The SMILES string of the molecule is CCCCCCCCCC(CCCCCCCC(=O)OCC1(CO)COC(C)=N1)C(CCCCCCCCC)CCCCCCCC(=O)OCC1(CO)COC(C)=N1. The van der Waals surface area contributed by atoms with Crippen LogP contribution in [0.15, 0.2) is 9.98 Å². The van der Waals surface area contributed by atoms with Gasteiger partial charge in [0.15, 0.2) is 22.9 Å². The van der Waals surface area contributed by atoms with Crippen molar-refractivity contribution in [2.45, 2.75) is 231 Å². The number of hydrogen-bond acceptors (Lipinski definition) is 10. The van der Waals surface area contributed by atoms with Crippen molar-refractivity contribution < 1.29 is 38.7 Å². The fraction of sp³-hybridized carbons (Fsp3) is 0.917. The van der Waals surface area contributed by atoms with Crippen LogP contribution in [-0.4, -0.2) is 84.7 Å². The van der Waals surface area contributed by atoms with E-state index in [1.165, 1.54) is 141 Å². The van der Waals surface area contributed by atoms with Crippen LogP contribution in [0.25, 0.3) is 0 Å². The molecule has 0 bridgehead atoms. The third-order valence-electron chi connectivity index (χ3n) is 12.4. The van der Waals surface area contributed by atoms with Gasteiger partial charge in [-0.25, -0.2) is 9.98 Å². The Morgan fingerprint density at radius 2 is 0.810 bits per heavy atom. The number of carbonyl (C=O) groups is 2. The summed E-state index contributed by atoms with van der Waals surface area (Å²) in [5.74, 6) is 2.21. The highest BCUT2D eigenvalue weighted by molar-refractivity contribution is 5.76. The van der Waals surface area contributed by atoms with Gasteiger partial charge >= 0.3 is 11.9 Å². The average molecular weight is 821 g/mol. The molecule has 4 atom stereocenters. The van der Waals surface area contributed by atoms with E-state index < -0.39 is 11.1 Å². The Balaban J connectivity index is 1.80. The van der Waals surface area contributed by atoms with Crippen LogP contribution < -0.4 is 0 Å². The first-order valence-corrected chi connectivity index (χ1v) is 24.1. The summed E-state index contributed by atoms with van der Waals surface area (Å²) < 4.78 is 21.7. The molecule has 0 aromatic rings. The van der Waals surface area contributed by atoms with Crippen molar-refractivity contribution in [1.82, 2.24) is 0 Å². The molecular formula is C48H88N2O8. The van der Waals surface area contributed by atoms with Crippen molar-refractivity contribution in [3.8, 4) is 0 Å². The zero-order valence-electron chi connectivity index (χ0n) is 37.8. The molecule has 4 unspecified atom stereocenters. The molecule has 0 radical (unpaired) electrons. The van der Waals surface area contributed by atoms with Gasteiger partial charge in [0, 0.05) is 26.7 Å². The first-order chi connectivity index (χ1) is 28.2. The summed E-state index contributed by atoms with van der Waals surface area (Å²) in [5.41, 5.74) is -1.69. The Bertz CT molecular complexity index is 1050. The molecule has 0 saturated carbocycles. The number of aliphatic imine (C=N–C) groups is 2. The Morgan fingerprint density at radius 3 is 1.09 bits per heavy atom. The average Bonchev–Trinajstić information content (AvgIpc) is 3.81. The van der Waals surface area contributed by atoms with Crippen LogP contribution in [0.2, 0.25) is 0 Å². The first-order valence-electron chi connectivity index (χ1n) is 24.1. The highest BCUT2D eigenvalue weighted by Crippen LogP contribution is 2.34. The van der Waals surface area contributed by atoms with Crippen molar-refractivity contribution in [3.63, 3.8) is 0 Å². The first kappa shape index (κ1) is 51.9. The molecule has 0 aromatic carbocycles. The van der Waals surface area contributed by atoms with E-state index in [0.717, 1.165) is 50.4 Å². The quantitative estimate of drug-likeness (QED) is 0.0462. The second kappa shape index (κ2) is 32.6. The van der Waals surface area contributed by atoms with Gasteiger partial charge in [-0.3, -0.25) is 9.59 Å². The maximum atomic E-state index is 12.4. The van der Waals surface area contributed by atoms with Crippen molar-refractivity contribution >= 4 is 23.7 Å². The Morgan fingerprint density at radius 1 is 0.517 bits per heavy atom. The van der Waals surface area contributed by atoms with E-state index in [1.54, 1.807) is 13.8 Å². The fourth-order valence-corrected chi connectivity index (χ4v) is 8.62. The summed E-state index contributed by atoms with van der Waals surface area (Å²) in [7, 11) is 0. The molecule has 0 aromatic heterocycles. The van der Waals surface area contributed by atoms with Crippen molar-refractivity contribution in [3.05, 3.63) is 0 Å². The number of hydrogen-bond donors (Lipinski definition) is 2. The number of rotatable bonds is 39. The summed E-state index contributed by atoms with van der Waals surface area (Å²) >= 11 is 0. The molecule has 10 nitrogen and oxygen atoms in total. The lowest BCUT2D eigenvalue weighted by Gasteiger charge is -2.28. The molecule has 0 spiro atoms. The molecule has 0 fully saturated rings. The van der Waals surface area contributed by atoms with Crippen LogP contribution in [0.3, 0.4) is 0 Å². The van der Waals surface area contributed by atoms with Gasteiger partial charge in [0.1, 0.15) is 26.4 Å². The lowest BCUT2D eigenvalue weighted by Crippen LogP contribution is -2.39. The lowest BCUT2D eigenvalue weighted by atomic mass is 9.78. The number of nitrogens with zero attached hydrogens (tertiary/aromatic N) is 2. The van der Waals surface area contributed by atoms with Gasteiger partial charge < -0.3 is 29.2 Å². The van der Waals surface area contributed by atoms with Crippen molar-refractivity contribution in [2.24, 2.45) is 21.8 Å². The minimum atomic E-state index is -0.844. The molecular weight excluding hydrogens is 733 g/mol. The smallest absolute Gasteiger partial charge is 0.305 e. The van der Waals surface area contributed by atoms with E-state index in [4.69, 9.17) is 18.9 Å². The van der Waals surface area contributed by atoms with Gasteiger partial charge in [-0.05, 0) is 24.7 Å². The van der Waals surface area contributed by atoms with Gasteiger partial charge in [0.25, 0.3) is 0 Å². The molecule has 0 saturated heterocycles. The van der Waals surface area contributed by atoms with E-state index in [9.17, 15) is 19.8 Å². The summed E-state index contributed by atoms with van der Waals surface area (Å²) in [6, 6.07) is 0. The van der Waals surface area contributed by atoms with Crippen molar-refractivity contribution in [1.29, 1.82) is 0 Å². The maximum Gasteiger partial charge on any atom is 0.305 e. The zero-order chi connectivity index (χ0) is 42.2. The minimum absolute atomic E-state index is 0.0661. The van der Waals surface area contributed by atoms with Crippen molar-refractivity contribution in [2.75, 3.05) is 39.6 Å². The van der Waals surface area contributed by atoms with Crippen LogP contribution in [0.5, 0.6) is 0 Å². The Labute approximate surface area is 354 Å². The van der Waals surface area contributed by atoms with Gasteiger partial charge in [-0.15, -0.1) is 0 Å². The number of carbonyl (C=O) groups excluding carboxylic acids is 2. The van der Waals surface area contributed by atoms with Crippen LogP contribution in [0, 0.1) is 11.8 Å². The summed E-state index contributed by atoms with van der Waals surface area (Å²) in [6.07, 6.45) is 36.2. The molecule has 2 aliphatic heterocycles. The highest BCUT2D eigenvalue weighted by atomic mass is 16.5. The van der Waals surface area contributed by atoms with Crippen LogP contribution in [-0.2, 0) is 28.5 Å². The van der Waals surface area contributed by atoms with E-state index in [2.05, 4.69) is 23.8 Å². The summed E-state index contributed by atoms with van der Waals surface area (Å²) in [4.78, 5) is 33.5. The highest BCUT2D eigenvalue weighted by Gasteiger charge is 2.37. The molecule has 10 heteroatoms. The van der Waals surface area contributed by atoms with Gasteiger partial charge in [-0.2, -0.15) is 0 Å². The number of ether oxygens (including phenoxy) is 4. The zero-order valence-corrected chi connectivity index (χ0v) is 37.8. The monoisotopic (exact) mass is 821 g/mol. The van der Waals surface area contributed by atoms with Crippen LogP contribution >= 0.6 is 0 Å². The van der Waals surface area contributed by atoms with E-state index in [0.29, 0.717) is 24.6 Å². The number of aliphatic hydroxyl groups excluding tert-OH is 2. The number of esters is 2. The van der Waals surface area contributed by atoms with E-state index in [-0.39, 0.29) is 51.6 Å². The molecule has 0 amide bonds. The Kier molecular flexibility index (Phi) is 29.2. The van der Waals surface area contributed by atoms with E-state index >= 15 is 0 Å². The van der Waals surface area contributed by atoms with Gasteiger partial charge in [0.2, 0.25) is 0 Å². The second-order valence-corrected chi connectivity index (χ2v) is 17.9.